The molecule has 0 saturated heterocycles. The molecule has 1 N–H and O–H groups in total. The quantitative estimate of drug-likeness (QED) is 0.738. The van der Waals surface area contributed by atoms with Crippen LogP contribution in [-0.2, 0) is 22.8 Å². The lowest BCUT2D eigenvalue weighted by molar-refractivity contribution is -0.137. The average molecular weight is 385 g/mol. The number of benzene rings is 1. The lowest BCUT2D eigenvalue weighted by Crippen LogP contribution is -2.28. The van der Waals surface area contributed by atoms with Gasteiger partial charge in [-0.1, -0.05) is 25.9 Å². The second-order valence-corrected chi connectivity index (χ2v) is 6.98. The predicted molar refractivity (Wildman–Crippen MR) is 91.3 cm³/mol. The molecule has 0 aliphatic rings. The number of alkyl halides is 3. The molecular formula is C18H22F3N3O3. The van der Waals surface area contributed by atoms with Crippen molar-refractivity contribution in [3.8, 4) is 5.75 Å². The molecule has 1 heterocycles. The number of carbonyl (C=O) groups excluding carboxylic acids is 1. The van der Waals surface area contributed by atoms with E-state index in [1.807, 2.05) is 20.8 Å². The Morgan fingerprint density at radius 3 is 2.41 bits per heavy atom. The molecule has 9 heteroatoms. The third-order valence-electron chi connectivity index (χ3n) is 3.58. The first-order chi connectivity index (χ1) is 12.6. The van der Waals surface area contributed by atoms with Gasteiger partial charge in [-0.3, -0.25) is 4.79 Å². The van der Waals surface area contributed by atoms with Gasteiger partial charge in [0.2, 0.25) is 11.8 Å². The van der Waals surface area contributed by atoms with E-state index in [1.54, 1.807) is 0 Å². The van der Waals surface area contributed by atoms with Crippen LogP contribution in [0.25, 0.3) is 0 Å². The van der Waals surface area contributed by atoms with Crippen LogP contribution in [0.5, 0.6) is 5.75 Å². The zero-order chi connectivity index (χ0) is 20.1. The maximum Gasteiger partial charge on any atom is 0.416 e. The summed E-state index contributed by atoms with van der Waals surface area (Å²) in [5, 5.41) is 6.55. The largest absolute Gasteiger partial charge is 0.492 e. The smallest absolute Gasteiger partial charge is 0.416 e. The third kappa shape index (κ3) is 6.58. The van der Waals surface area contributed by atoms with Gasteiger partial charge in [-0.15, -0.1) is 0 Å². The Morgan fingerprint density at radius 1 is 1.19 bits per heavy atom. The first kappa shape index (κ1) is 20.7. The maximum atomic E-state index is 12.5. The summed E-state index contributed by atoms with van der Waals surface area (Å²) in [4.78, 5) is 16.1. The minimum Gasteiger partial charge on any atom is -0.492 e. The molecule has 0 spiro atoms. The Kier molecular flexibility index (Phi) is 6.45. The van der Waals surface area contributed by atoms with Crippen molar-refractivity contribution >= 4 is 5.91 Å². The van der Waals surface area contributed by atoms with Gasteiger partial charge >= 0.3 is 6.18 Å². The predicted octanol–water partition coefficient (Wildman–Crippen LogP) is 3.51. The molecule has 2 rings (SSSR count). The molecule has 1 amide bonds. The zero-order valence-electron chi connectivity index (χ0n) is 15.4. The van der Waals surface area contributed by atoms with Crippen LogP contribution in [-0.4, -0.2) is 29.2 Å². The Morgan fingerprint density at radius 2 is 1.85 bits per heavy atom. The van der Waals surface area contributed by atoms with E-state index in [-0.39, 0.29) is 30.9 Å². The average Bonchev–Trinajstić information content (AvgIpc) is 3.06. The van der Waals surface area contributed by atoms with Gasteiger partial charge in [0.1, 0.15) is 12.4 Å². The van der Waals surface area contributed by atoms with Crippen molar-refractivity contribution in [1.82, 2.24) is 15.5 Å². The van der Waals surface area contributed by atoms with Crippen molar-refractivity contribution in [1.29, 1.82) is 0 Å². The monoisotopic (exact) mass is 385 g/mol. The van der Waals surface area contributed by atoms with E-state index < -0.39 is 11.7 Å². The molecule has 0 unspecified atom stereocenters. The van der Waals surface area contributed by atoms with E-state index in [0.29, 0.717) is 23.9 Å². The normalized spacial score (nSPS) is 12.1. The summed E-state index contributed by atoms with van der Waals surface area (Å²) in [5.74, 6) is 1.08. The number of carbonyl (C=O) groups is 1. The summed E-state index contributed by atoms with van der Waals surface area (Å²) in [7, 11) is 0. The van der Waals surface area contributed by atoms with Crippen LogP contribution in [0.15, 0.2) is 28.8 Å². The number of aromatic nitrogens is 2. The first-order valence-electron chi connectivity index (χ1n) is 8.45. The molecule has 0 atom stereocenters. The highest BCUT2D eigenvalue weighted by molar-refractivity contribution is 5.75. The van der Waals surface area contributed by atoms with E-state index in [0.717, 1.165) is 12.1 Å². The number of hydrogen-bond donors (Lipinski definition) is 1. The number of nitrogens with one attached hydrogen (secondary N) is 1. The van der Waals surface area contributed by atoms with Crippen LogP contribution in [0.3, 0.4) is 0 Å². The Labute approximate surface area is 155 Å². The van der Waals surface area contributed by atoms with Gasteiger partial charge in [-0.2, -0.15) is 18.2 Å². The van der Waals surface area contributed by atoms with Gasteiger partial charge in [-0.05, 0) is 24.3 Å². The minimum atomic E-state index is -4.38. The fourth-order valence-corrected chi connectivity index (χ4v) is 2.07. The fourth-order valence-electron chi connectivity index (χ4n) is 2.07. The maximum absolute atomic E-state index is 12.5. The van der Waals surface area contributed by atoms with E-state index in [2.05, 4.69) is 15.5 Å². The highest BCUT2D eigenvalue weighted by Crippen LogP contribution is 2.30. The molecule has 1 aromatic carbocycles. The molecule has 0 saturated carbocycles. The first-order valence-corrected chi connectivity index (χ1v) is 8.45. The SMILES string of the molecule is CC(C)(C)c1noc(CCC(=O)NCCOc2ccc(C(F)(F)F)cc2)n1. The standard InChI is InChI=1S/C18H22F3N3O3/c1-17(2,3)16-23-15(27-24-16)9-8-14(25)22-10-11-26-13-6-4-12(5-7-13)18(19,20)21/h4-7H,8-11H2,1-3H3,(H,22,25). The van der Waals surface area contributed by atoms with Gasteiger partial charge in [0.25, 0.3) is 0 Å². The van der Waals surface area contributed by atoms with Crippen LogP contribution >= 0.6 is 0 Å². The Hall–Kier alpha value is -2.58. The van der Waals surface area contributed by atoms with Gasteiger partial charge in [0, 0.05) is 18.3 Å². The summed E-state index contributed by atoms with van der Waals surface area (Å²) in [6.07, 6.45) is -3.86. The zero-order valence-corrected chi connectivity index (χ0v) is 15.4. The molecule has 27 heavy (non-hydrogen) atoms. The molecule has 0 bridgehead atoms. The van der Waals surface area contributed by atoms with Gasteiger partial charge in [-0.25, -0.2) is 0 Å². The van der Waals surface area contributed by atoms with E-state index >= 15 is 0 Å². The number of halogens is 3. The topological polar surface area (TPSA) is 77.2 Å². The van der Waals surface area contributed by atoms with Crippen molar-refractivity contribution in [2.45, 2.75) is 45.2 Å². The van der Waals surface area contributed by atoms with Gasteiger partial charge in [0.05, 0.1) is 12.1 Å². The lowest BCUT2D eigenvalue weighted by atomic mass is 9.96. The summed E-state index contributed by atoms with van der Waals surface area (Å²) < 4.78 is 47.8. The number of aryl methyl sites for hydroxylation is 1. The summed E-state index contributed by atoms with van der Waals surface area (Å²) in [5.41, 5.74) is -0.960. The van der Waals surface area contributed by atoms with Crippen molar-refractivity contribution in [2.75, 3.05) is 13.2 Å². The van der Waals surface area contributed by atoms with E-state index in [1.165, 1.54) is 12.1 Å². The molecule has 148 valence electrons. The molecule has 0 radical (unpaired) electrons. The number of nitrogens with zero attached hydrogens (tertiary/aromatic N) is 2. The summed E-state index contributed by atoms with van der Waals surface area (Å²) in [6.45, 7) is 6.27. The second kappa shape index (κ2) is 8.41. The number of hydrogen-bond acceptors (Lipinski definition) is 5. The van der Waals surface area contributed by atoms with Crippen molar-refractivity contribution in [3.63, 3.8) is 0 Å². The number of rotatable bonds is 7. The minimum absolute atomic E-state index is 0.145. The molecule has 2 aromatic rings. The third-order valence-corrected chi connectivity index (χ3v) is 3.58. The second-order valence-electron chi connectivity index (χ2n) is 6.98. The molecule has 0 aliphatic heterocycles. The van der Waals surface area contributed by atoms with Crippen LogP contribution < -0.4 is 10.1 Å². The number of amides is 1. The summed E-state index contributed by atoms with van der Waals surface area (Å²) >= 11 is 0. The molecule has 0 fully saturated rings. The van der Waals surface area contributed by atoms with Crippen LogP contribution in [0.1, 0.15) is 44.5 Å². The molecule has 0 aliphatic carbocycles. The molecule has 6 nitrogen and oxygen atoms in total. The highest BCUT2D eigenvalue weighted by Gasteiger charge is 2.30. The molecular weight excluding hydrogens is 363 g/mol. The number of ether oxygens (including phenoxy) is 1. The summed E-state index contributed by atoms with van der Waals surface area (Å²) in [6, 6.07) is 4.38. The van der Waals surface area contributed by atoms with E-state index in [9.17, 15) is 18.0 Å². The molecule has 1 aromatic heterocycles. The van der Waals surface area contributed by atoms with Gasteiger partial charge in [0.15, 0.2) is 5.82 Å². The van der Waals surface area contributed by atoms with Crippen LogP contribution in [0.4, 0.5) is 13.2 Å². The highest BCUT2D eigenvalue weighted by atomic mass is 19.4. The Balaban J connectivity index is 1.67. The van der Waals surface area contributed by atoms with Crippen molar-refractivity contribution in [3.05, 3.63) is 41.5 Å². The fraction of sp³-hybridized carbons (Fsp3) is 0.500. The lowest BCUT2D eigenvalue weighted by Gasteiger charge is -2.10. The van der Waals surface area contributed by atoms with Crippen molar-refractivity contribution < 1.29 is 27.2 Å². The van der Waals surface area contributed by atoms with Crippen LogP contribution in [0, 0.1) is 0 Å². The van der Waals surface area contributed by atoms with Crippen LogP contribution in [0.2, 0.25) is 0 Å². The Bertz CT molecular complexity index is 750. The van der Waals surface area contributed by atoms with Crippen molar-refractivity contribution in [2.24, 2.45) is 0 Å². The van der Waals surface area contributed by atoms with E-state index in [4.69, 9.17) is 9.26 Å². The van der Waals surface area contributed by atoms with Gasteiger partial charge < -0.3 is 14.6 Å².